The number of carbonyl (C=O) groups excluding carboxylic acids is 2. The van der Waals surface area contributed by atoms with Crippen molar-refractivity contribution in [1.82, 2.24) is 19.8 Å². The van der Waals surface area contributed by atoms with Crippen LogP contribution in [0.25, 0.3) is 11.4 Å². The van der Waals surface area contributed by atoms with Crippen LogP contribution in [0.5, 0.6) is 0 Å². The van der Waals surface area contributed by atoms with Gasteiger partial charge in [-0.3, -0.25) is 14.6 Å². The molecule has 39 heavy (non-hydrogen) atoms. The van der Waals surface area contributed by atoms with Crippen molar-refractivity contribution in [1.29, 1.82) is 0 Å². The molecular formula is C28H41BF2N5O2S. The first-order chi connectivity index (χ1) is 18.7. The Bertz CT molecular complexity index is 1110. The van der Waals surface area contributed by atoms with Crippen LogP contribution >= 0.6 is 11.3 Å². The molecule has 3 rings (SSSR count). The molecule has 0 spiro atoms. The summed E-state index contributed by atoms with van der Waals surface area (Å²) in [5.41, 5.74) is 3.26. The number of thiazole rings is 1. The molecule has 0 saturated heterocycles. The standard InChI is InChI=1S/C10H20F2.C10H9N3OS.C8H12BN2O/c1-4-6-9(10(11)12)7-8(3)5-2;1-7-3-2-4-8(12-7)9-5-15-10(13-9)11-6-14;1-3-10-8(12)7-4-5-11(6-7)9-2/h8-10H,4-7H2,1-3H3;2-6H,1H3,(H,11,13,14);4-6H,3H2,1-2H3,(H,10,12). The molecule has 0 fully saturated rings. The Morgan fingerprint density at radius 2 is 1.92 bits per heavy atom. The molecule has 2 amide bonds. The zero-order valence-corrected chi connectivity index (χ0v) is 24.6. The van der Waals surface area contributed by atoms with Gasteiger partial charge < -0.3 is 15.1 Å². The number of nitrogens with zero attached hydrogens (tertiary/aromatic N) is 3. The summed E-state index contributed by atoms with van der Waals surface area (Å²) in [6, 6.07) is 7.56. The lowest BCUT2D eigenvalue weighted by Crippen LogP contribution is -2.22. The first-order valence-corrected chi connectivity index (χ1v) is 14.2. The summed E-state index contributed by atoms with van der Waals surface area (Å²) in [5, 5.41) is 7.70. The van der Waals surface area contributed by atoms with Gasteiger partial charge in [0.05, 0.1) is 11.3 Å². The minimum atomic E-state index is -2.13. The lowest BCUT2D eigenvalue weighted by Gasteiger charge is -2.18. The van der Waals surface area contributed by atoms with E-state index < -0.39 is 6.43 Å². The lowest BCUT2D eigenvalue weighted by atomic mass is 9.91. The fourth-order valence-electron chi connectivity index (χ4n) is 3.57. The molecule has 0 bridgehead atoms. The molecule has 3 aromatic heterocycles. The highest BCUT2D eigenvalue weighted by molar-refractivity contribution is 7.14. The van der Waals surface area contributed by atoms with E-state index in [-0.39, 0.29) is 11.8 Å². The highest BCUT2D eigenvalue weighted by Crippen LogP contribution is 2.25. The van der Waals surface area contributed by atoms with E-state index in [1.54, 1.807) is 12.3 Å². The van der Waals surface area contributed by atoms with E-state index in [1.165, 1.54) is 11.3 Å². The van der Waals surface area contributed by atoms with Crippen molar-refractivity contribution in [3.8, 4) is 11.4 Å². The van der Waals surface area contributed by atoms with Gasteiger partial charge in [0.25, 0.3) is 5.91 Å². The third kappa shape index (κ3) is 13.0. The van der Waals surface area contributed by atoms with Gasteiger partial charge in [-0.05, 0) is 57.0 Å². The molecule has 0 aliphatic carbocycles. The fourth-order valence-corrected chi connectivity index (χ4v) is 4.23. The number of pyridine rings is 1. The molecule has 213 valence electrons. The molecule has 0 aliphatic heterocycles. The predicted octanol–water partition coefficient (Wildman–Crippen LogP) is 6.94. The molecule has 3 aromatic rings. The number of halogens is 2. The second-order valence-corrected chi connectivity index (χ2v) is 9.92. The third-order valence-corrected chi connectivity index (χ3v) is 6.64. The molecule has 3 heterocycles. The first-order valence-electron chi connectivity index (χ1n) is 13.3. The number of aromatic nitrogens is 3. The first kappa shape index (κ1) is 34.0. The third-order valence-electron chi connectivity index (χ3n) is 5.87. The van der Waals surface area contributed by atoms with E-state index in [4.69, 9.17) is 0 Å². The maximum absolute atomic E-state index is 12.4. The Balaban J connectivity index is 0.000000296. The number of nitrogens with one attached hydrogen (secondary N) is 2. The highest BCUT2D eigenvalue weighted by atomic mass is 32.1. The molecule has 1 radical (unpaired) electrons. The Morgan fingerprint density at radius 3 is 2.46 bits per heavy atom. The molecule has 0 saturated carbocycles. The maximum Gasteiger partial charge on any atom is 0.252 e. The average molecular weight is 561 g/mol. The van der Waals surface area contributed by atoms with Crippen molar-refractivity contribution in [3.63, 3.8) is 0 Å². The number of amides is 2. The van der Waals surface area contributed by atoms with Crippen LogP contribution < -0.4 is 10.6 Å². The quantitative estimate of drug-likeness (QED) is 0.186. The zero-order valence-electron chi connectivity index (χ0n) is 23.8. The van der Waals surface area contributed by atoms with Crippen molar-refractivity contribution >= 4 is 36.2 Å². The van der Waals surface area contributed by atoms with Gasteiger partial charge in [-0.2, -0.15) is 0 Å². The van der Waals surface area contributed by atoms with Crippen LogP contribution in [0, 0.1) is 18.8 Å². The van der Waals surface area contributed by atoms with Crippen LogP contribution in [-0.4, -0.2) is 47.1 Å². The summed E-state index contributed by atoms with van der Waals surface area (Å²) in [7, 11) is 1.89. The highest BCUT2D eigenvalue weighted by Gasteiger charge is 2.20. The topological polar surface area (TPSA) is 88.9 Å². The van der Waals surface area contributed by atoms with E-state index >= 15 is 0 Å². The van der Waals surface area contributed by atoms with E-state index in [0.29, 0.717) is 42.4 Å². The number of rotatable bonds is 12. The summed E-state index contributed by atoms with van der Waals surface area (Å²) in [4.78, 5) is 30.0. The lowest BCUT2D eigenvalue weighted by molar-refractivity contribution is -0.105. The minimum Gasteiger partial charge on any atom is -0.402 e. The van der Waals surface area contributed by atoms with Crippen molar-refractivity contribution in [2.45, 2.75) is 73.6 Å². The Hall–Kier alpha value is -3.08. The number of hydrogen-bond acceptors (Lipinski definition) is 5. The van der Waals surface area contributed by atoms with Crippen LogP contribution in [0.2, 0.25) is 6.82 Å². The van der Waals surface area contributed by atoms with Crippen molar-refractivity contribution in [3.05, 3.63) is 53.3 Å². The Kier molecular flexibility index (Phi) is 16.6. The fraction of sp³-hybridized carbons (Fsp3) is 0.500. The van der Waals surface area contributed by atoms with Crippen molar-refractivity contribution < 1.29 is 18.4 Å². The molecular weight excluding hydrogens is 519 g/mol. The normalized spacial score (nSPS) is 11.8. The van der Waals surface area contributed by atoms with Crippen molar-refractivity contribution in [2.75, 3.05) is 11.9 Å². The van der Waals surface area contributed by atoms with Gasteiger partial charge >= 0.3 is 0 Å². The minimum absolute atomic E-state index is 0.0156. The van der Waals surface area contributed by atoms with Crippen LogP contribution in [-0.2, 0) is 4.79 Å². The predicted molar refractivity (Wildman–Crippen MR) is 158 cm³/mol. The molecule has 7 nitrogen and oxygen atoms in total. The van der Waals surface area contributed by atoms with E-state index in [1.807, 2.05) is 76.2 Å². The van der Waals surface area contributed by atoms with Crippen LogP contribution in [0.4, 0.5) is 13.9 Å². The Morgan fingerprint density at radius 1 is 1.18 bits per heavy atom. The van der Waals surface area contributed by atoms with Gasteiger partial charge in [0.1, 0.15) is 5.69 Å². The maximum atomic E-state index is 12.4. The number of anilines is 1. The van der Waals surface area contributed by atoms with Crippen LogP contribution in [0.3, 0.4) is 0 Å². The zero-order chi connectivity index (χ0) is 29.2. The molecule has 0 aliphatic rings. The SMILES string of the molecule is CCCC(CC(C)CC)C(F)F.C[B]n1ccc(C(=O)NCC)c1.Cc1cccc(-c2csc(NC=O)n2)n1. The smallest absolute Gasteiger partial charge is 0.252 e. The van der Waals surface area contributed by atoms with Crippen molar-refractivity contribution in [2.24, 2.45) is 11.8 Å². The summed E-state index contributed by atoms with van der Waals surface area (Å²) in [6.07, 6.45) is 5.36. The largest absolute Gasteiger partial charge is 0.402 e. The van der Waals surface area contributed by atoms with E-state index in [0.717, 1.165) is 29.9 Å². The average Bonchev–Trinajstić information content (AvgIpc) is 3.60. The van der Waals surface area contributed by atoms with Gasteiger partial charge in [-0.15, -0.1) is 11.3 Å². The molecule has 2 N–H and O–H groups in total. The molecule has 11 heteroatoms. The summed E-state index contributed by atoms with van der Waals surface area (Å²) < 4.78 is 26.6. The van der Waals surface area contributed by atoms with Crippen LogP contribution in [0.15, 0.2) is 42.0 Å². The number of carbonyl (C=O) groups is 2. The Labute approximate surface area is 236 Å². The van der Waals surface area contributed by atoms with Gasteiger partial charge in [0.2, 0.25) is 20.2 Å². The monoisotopic (exact) mass is 560 g/mol. The van der Waals surface area contributed by atoms with E-state index in [2.05, 4.69) is 27.5 Å². The van der Waals surface area contributed by atoms with Crippen LogP contribution in [0.1, 0.15) is 69.4 Å². The molecule has 2 unspecified atom stereocenters. The van der Waals surface area contributed by atoms with Gasteiger partial charge in [-0.1, -0.05) is 46.5 Å². The molecule has 2 atom stereocenters. The molecule has 0 aromatic carbocycles. The van der Waals surface area contributed by atoms with Gasteiger partial charge in [0, 0.05) is 29.7 Å². The summed E-state index contributed by atoms with van der Waals surface area (Å²) in [5.74, 6) is 0.0543. The number of aryl methyl sites for hydroxylation is 1. The summed E-state index contributed by atoms with van der Waals surface area (Å²) in [6.45, 7) is 12.5. The summed E-state index contributed by atoms with van der Waals surface area (Å²) >= 11 is 1.38. The van der Waals surface area contributed by atoms with E-state index in [9.17, 15) is 18.4 Å². The second kappa shape index (κ2) is 19.1. The van der Waals surface area contributed by atoms with Gasteiger partial charge in [0.15, 0.2) is 5.13 Å². The number of alkyl halides is 2. The van der Waals surface area contributed by atoms with Gasteiger partial charge in [-0.25, -0.2) is 13.8 Å². The number of hydrogen-bond donors (Lipinski definition) is 2. The second-order valence-electron chi connectivity index (χ2n) is 9.06.